The summed E-state index contributed by atoms with van der Waals surface area (Å²) in [5, 5.41) is 9.41. The Balaban J connectivity index is 2.11. The smallest absolute Gasteiger partial charge is 0.270 e. The number of Topliss-reactive ketones (excluding diaryl/α,β-unsaturated/α-hetero) is 1. The van der Waals surface area contributed by atoms with Crippen molar-refractivity contribution in [2.24, 2.45) is 5.92 Å². The van der Waals surface area contributed by atoms with Crippen molar-refractivity contribution in [1.29, 1.82) is 0 Å². The number of hydrogen-bond donors (Lipinski definition) is 1. The lowest BCUT2D eigenvalue weighted by molar-refractivity contribution is -0.121. The van der Waals surface area contributed by atoms with Crippen LogP contribution in [0.2, 0.25) is 0 Å². The van der Waals surface area contributed by atoms with Crippen LogP contribution in [0, 0.1) is 5.92 Å². The predicted octanol–water partition coefficient (Wildman–Crippen LogP) is 5.58. The highest BCUT2D eigenvalue weighted by Crippen LogP contribution is 2.29. The number of halogens is 2. The largest absolute Gasteiger partial charge is 0.505 e. The van der Waals surface area contributed by atoms with E-state index in [1.54, 1.807) is 12.1 Å². The molecule has 0 aromatic heterocycles. The van der Waals surface area contributed by atoms with Crippen LogP contribution in [0.1, 0.15) is 38.7 Å². The summed E-state index contributed by atoms with van der Waals surface area (Å²) in [6.45, 7) is 6.17. The van der Waals surface area contributed by atoms with Gasteiger partial charge in [0.2, 0.25) is 0 Å². The van der Waals surface area contributed by atoms with Gasteiger partial charge in [-0.15, -0.1) is 0 Å². The number of carbonyl (C=O) groups is 1. The first-order valence-electron chi connectivity index (χ1n) is 9.15. The molecule has 27 heavy (non-hydrogen) atoms. The average Bonchev–Trinajstić information content (AvgIpc) is 2.60. The van der Waals surface area contributed by atoms with Crippen LogP contribution >= 0.6 is 0 Å². The minimum absolute atomic E-state index is 0.0510. The summed E-state index contributed by atoms with van der Waals surface area (Å²) >= 11 is 0. The van der Waals surface area contributed by atoms with Gasteiger partial charge in [-0.2, -0.15) is 0 Å². The molecule has 0 saturated heterocycles. The molecule has 0 aliphatic heterocycles. The van der Waals surface area contributed by atoms with Gasteiger partial charge in [-0.3, -0.25) is 4.79 Å². The summed E-state index contributed by atoms with van der Waals surface area (Å²) < 4.78 is 32.9. The van der Waals surface area contributed by atoms with Crippen LogP contribution in [-0.2, 0) is 11.2 Å². The summed E-state index contributed by atoms with van der Waals surface area (Å²) in [6.07, 6.45) is 6.54. The van der Waals surface area contributed by atoms with Gasteiger partial charge >= 0.3 is 0 Å². The van der Waals surface area contributed by atoms with Crippen LogP contribution in [0.5, 0.6) is 5.75 Å². The van der Waals surface area contributed by atoms with Gasteiger partial charge in [0.25, 0.3) is 5.92 Å². The van der Waals surface area contributed by atoms with E-state index in [-0.39, 0.29) is 17.3 Å². The first kappa shape index (κ1) is 20.9. The third-order valence-corrected chi connectivity index (χ3v) is 4.50. The van der Waals surface area contributed by atoms with Crippen LogP contribution in [-0.4, -0.2) is 22.9 Å². The summed E-state index contributed by atoms with van der Waals surface area (Å²) in [5.41, 5.74) is 0.835. The molecule has 0 saturated carbocycles. The molecule has 1 aliphatic rings. The van der Waals surface area contributed by atoms with E-state index in [1.165, 1.54) is 12.2 Å². The molecular formula is C22H26F2O3. The van der Waals surface area contributed by atoms with Gasteiger partial charge in [-0.05, 0) is 36.6 Å². The molecule has 1 N–H and O–H groups in total. The van der Waals surface area contributed by atoms with E-state index in [1.807, 2.05) is 25.1 Å². The Bertz CT molecular complexity index is 744. The van der Waals surface area contributed by atoms with Gasteiger partial charge < -0.3 is 9.84 Å². The Morgan fingerprint density at radius 1 is 1.44 bits per heavy atom. The molecule has 0 spiro atoms. The second-order valence-electron chi connectivity index (χ2n) is 6.95. The first-order valence-corrected chi connectivity index (χ1v) is 9.15. The molecule has 0 amide bonds. The molecule has 0 fully saturated rings. The molecule has 1 aliphatic carbocycles. The zero-order valence-corrected chi connectivity index (χ0v) is 15.8. The van der Waals surface area contributed by atoms with Crippen molar-refractivity contribution in [2.75, 3.05) is 0 Å². The minimum Gasteiger partial charge on any atom is -0.505 e. The van der Waals surface area contributed by atoms with Crippen LogP contribution in [0.25, 0.3) is 0 Å². The second kappa shape index (κ2) is 8.98. The zero-order chi connectivity index (χ0) is 20.0. The Kier molecular flexibility index (Phi) is 6.94. The Labute approximate surface area is 159 Å². The number of ether oxygens (including phenoxy) is 1. The number of alkyl halides is 2. The third-order valence-electron chi connectivity index (χ3n) is 4.50. The van der Waals surface area contributed by atoms with Crippen LogP contribution in [0.4, 0.5) is 8.78 Å². The van der Waals surface area contributed by atoms with E-state index in [0.717, 1.165) is 18.9 Å². The molecule has 5 heteroatoms. The van der Waals surface area contributed by atoms with Gasteiger partial charge in [0.05, 0.1) is 0 Å². The fourth-order valence-electron chi connectivity index (χ4n) is 3.14. The maximum atomic E-state index is 13.5. The lowest BCUT2D eigenvalue weighted by atomic mass is 9.90. The van der Waals surface area contributed by atoms with E-state index in [9.17, 15) is 18.7 Å². The maximum Gasteiger partial charge on any atom is 0.270 e. The monoisotopic (exact) mass is 376 g/mol. The quantitative estimate of drug-likeness (QED) is 0.452. The number of ketones is 1. The molecule has 1 aromatic rings. The molecule has 3 nitrogen and oxygen atoms in total. The van der Waals surface area contributed by atoms with Crippen molar-refractivity contribution in [3.05, 3.63) is 66.0 Å². The number of benzene rings is 1. The summed E-state index contributed by atoms with van der Waals surface area (Å²) in [7, 11) is 0. The molecule has 1 aromatic carbocycles. The van der Waals surface area contributed by atoms with Crippen molar-refractivity contribution in [3.63, 3.8) is 0 Å². The number of allylic oxidation sites excluding steroid dienone is 3. The lowest BCUT2D eigenvalue weighted by Crippen LogP contribution is -2.21. The van der Waals surface area contributed by atoms with Crippen LogP contribution in [0.3, 0.4) is 0 Å². The van der Waals surface area contributed by atoms with E-state index >= 15 is 0 Å². The minimum atomic E-state index is -2.90. The molecule has 146 valence electrons. The number of aliphatic hydroxyl groups excluding tert-OH is 1. The first-order chi connectivity index (χ1) is 12.7. The van der Waals surface area contributed by atoms with Crippen molar-refractivity contribution in [1.82, 2.24) is 0 Å². The molecule has 0 heterocycles. The predicted molar refractivity (Wildman–Crippen MR) is 102 cm³/mol. The topological polar surface area (TPSA) is 46.5 Å². The number of aliphatic hydroxyl groups is 1. The highest BCUT2D eigenvalue weighted by Gasteiger charge is 2.28. The van der Waals surface area contributed by atoms with Gasteiger partial charge in [0.1, 0.15) is 11.9 Å². The fraction of sp³-hybridized carbons (Fsp3) is 0.409. The van der Waals surface area contributed by atoms with Gasteiger partial charge in [-0.1, -0.05) is 44.2 Å². The normalized spacial score (nSPS) is 17.9. The van der Waals surface area contributed by atoms with E-state index in [2.05, 4.69) is 6.58 Å². The summed E-state index contributed by atoms with van der Waals surface area (Å²) in [6, 6.07) is 7.27. The van der Waals surface area contributed by atoms with E-state index < -0.39 is 17.8 Å². The van der Waals surface area contributed by atoms with Crippen LogP contribution < -0.4 is 4.74 Å². The van der Waals surface area contributed by atoms with Gasteiger partial charge in [0.15, 0.2) is 11.5 Å². The van der Waals surface area contributed by atoms with Crippen molar-refractivity contribution in [3.8, 4) is 5.75 Å². The van der Waals surface area contributed by atoms with E-state index in [0.29, 0.717) is 25.0 Å². The SMILES string of the molecule is C=C(O)C(=O)C(CCC)Cc1cccc(OC2C=C(C(C)(F)F)C=CC2)c1. The Hall–Kier alpha value is -2.43. The van der Waals surface area contributed by atoms with Crippen molar-refractivity contribution >= 4 is 5.78 Å². The highest BCUT2D eigenvalue weighted by molar-refractivity contribution is 5.94. The molecule has 2 rings (SSSR count). The lowest BCUT2D eigenvalue weighted by Gasteiger charge is -2.22. The zero-order valence-electron chi connectivity index (χ0n) is 15.8. The van der Waals surface area contributed by atoms with Crippen LogP contribution in [0.15, 0.2) is 60.4 Å². The van der Waals surface area contributed by atoms with Gasteiger partial charge in [0, 0.05) is 24.8 Å². The maximum absolute atomic E-state index is 13.5. The Morgan fingerprint density at radius 3 is 2.81 bits per heavy atom. The number of hydrogen-bond acceptors (Lipinski definition) is 3. The number of carbonyl (C=O) groups excluding carboxylic acids is 1. The molecule has 0 bridgehead atoms. The van der Waals surface area contributed by atoms with Crippen molar-refractivity contribution < 1.29 is 23.4 Å². The number of rotatable bonds is 9. The second-order valence-corrected chi connectivity index (χ2v) is 6.95. The molecular weight excluding hydrogens is 350 g/mol. The molecule has 2 unspecified atom stereocenters. The third kappa shape index (κ3) is 6.05. The highest BCUT2D eigenvalue weighted by atomic mass is 19.3. The van der Waals surface area contributed by atoms with Gasteiger partial charge in [-0.25, -0.2) is 8.78 Å². The standard InChI is InChI=1S/C22H26F2O3/c1-4-7-17(21(26)15(2)25)12-16-8-5-10-19(13-16)27-20-11-6-9-18(14-20)22(3,23)24/h5-6,8-10,13-14,17,20,25H,2,4,7,11-12H2,1,3H3. The Morgan fingerprint density at radius 2 is 2.19 bits per heavy atom. The summed E-state index contributed by atoms with van der Waals surface area (Å²) in [4.78, 5) is 12.1. The fourth-order valence-corrected chi connectivity index (χ4v) is 3.14. The van der Waals surface area contributed by atoms with E-state index in [4.69, 9.17) is 4.74 Å². The van der Waals surface area contributed by atoms with Crippen molar-refractivity contribution in [2.45, 2.75) is 51.6 Å². The summed E-state index contributed by atoms with van der Waals surface area (Å²) in [5.74, 6) is -3.45. The molecule has 0 radical (unpaired) electrons. The molecule has 2 atom stereocenters. The average molecular weight is 376 g/mol.